The van der Waals surface area contributed by atoms with Crippen molar-refractivity contribution in [3.05, 3.63) is 30.3 Å². The van der Waals surface area contributed by atoms with Crippen LogP contribution in [0.4, 0.5) is 23.0 Å². The number of carbonyl (C=O) groups excluding carboxylic acids is 2. The summed E-state index contributed by atoms with van der Waals surface area (Å²) in [7, 11) is 0. The van der Waals surface area contributed by atoms with E-state index in [1.807, 2.05) is 12.1 Å². The molecule has 0 spiro atoms. The maximum absolute atomic E-state index is 13.2. The highest BCUT2D eigenvalue weighted by molar-refractivity contribution is 8.00. The van der Waals surface area contributed by atoms with Crippen LogP contribution in [0.3, 0.4) is 0 Å². The number of para-hydroxylation sites is 2. The lowest BCUT2D eigenvalue weighted by atomic mass is 9.96. The highest BCUT2D eigenvalue weighted by atomic mass is 32.2. The van der Waals surface area contributed by atoms with Crippen LogP contribution in [-0.4, -0.2) is 32.6 Å². The Morgan fingerprint density at radius 1 is 1.23 bits per heavy atom. The van der Waals surface area contributed by atoms with Gasteiger partial charge in [-0.25, -0.2) is 9.97 Å². The van der Waals surface area contributed by atoms with Crippen molar-refractivity contribution in [3.8, 4) is 0 Å². The molecule has 2 aromatic rings. The smallest absolute Gasteiger partial charge is 0.250 e. The largest absolute Gasteiger partial charge is 0.383 e. The summed E-state index contributed by atoms with van der Waals surface area (Å²) in [5.41, 5.74) is 11.6. The predicted octanol–water partition coefficient (Wildman–Crippen LogP) is 1.89. The van der Waals surface area contributed by atoms with Gasteiger partial charge in [0.1, 0.15) is 17.2 Å². The number of amides is 2. The molecule has 3 rings (SSSR count). The van der Waals surface area contributed by atoms with Crippen molar-refractivity contribution < 1.29 is 9.59 Å². The van der Waals surface area contributed by atoms with Crippen LogP contribution in [0.2, 0.25) is 0 Å². The lowest BCUT2D eigenvalue weighted by Gasteiger charge is -2.43. The number of carbonyl (C=O) groups is 2. The van der Waals surface area contributed by atoms with E-state index in [0.717, 1.165) is 11.8 Å². The Labute approximate surface area is 155 Å². The van der Waals surface area contributed by atoms with Crippen LogP contribution in [0, 0.1) is 0 Å². The molecule has 0 aliphatic carbocycles. The number of nitrogen functional groups attached to an aromatic ring is 2. The molecule has 2 heterocycles. The minimum Gasteiger partial charge on any atom is -0.383 e. The summed E-state index contributed by atoms with van der Waals surface area (Å²) in [6.07, 6.45) is 0. The zero-order valence-corrected chi connectivity index (χ0v) is 15.5. The second-order valence-corrected chi connectivity index (χ2v) is 7.77. The van der Waals surface area contributed by atoms with Gasteiger partial charge < -0.3 is 16.8 Å². The lowest BCUT2D eigenvalue weighted by Crippen LogP contribution is -2.60. The number of nitrogens with zero attached hydrogens (tertiary/aromatic N) is 3. The summed E-state index contributed by atoms with van der Waals surface area (Å²) < 4.78 is 0. The number of anilines is 4. The summed E-state index contributed by atoms with van der Waals surface area (Å²) in [6, 6.07) is 8.65. The van der Waals surface area contributed by atoms with Crippen molar-refractivity contribution in [3.63, 3.8) is 0 Å². The molecule has 9 heteroatoms. The molecule has 5 N–H and O–H groups in total. The van der Waals surface area contributed by atoms with Crippen molar-refractivity contribution in [1.29, 1.82) is 0 Å². The lowest BCUT2D eigenvalue weighted by molar-refractivity contribution is -0.126. The molecule has 8 nitrogen and oxygen atoms in total. The number of aromatic nitrogens is 2. The molecule has 0 bridgehead atoms. The van der Waals surface area contributed by atoms with E-state index in [9.17, 15) is 9.59 Å². The fourth-order valence-electron chi connectivity index (χ4n) is 2.75. The zero-order valence-electron chi connectivity index (χ0n) is 14.7. The quantitative estimate of drug-likeness (QED) is 0.554. The van der Waals surface area contributed by atoms with Crippen LogP contribution >= 0.6 is 11.8 Å². The van der Waals surface area contributed by atoms with Gasteiger partial charge in [0.25, 0.3) is 0 Å². The average molecular weight is 372 g/mol. The highest BCUT2D eigenvalue weighted by Crippen LogP contribution is 2.38. The molecule has 0 saturated carbocycles. The predicted molar refractivity (Wildman–Crippen MR) is 103 cm³/mol. The standard InChI is InChI=1S/C17H20N6O2S/c1-9(26-16-21-12(18)8-13(19)22-16)14(24)23-11-7-5-4-6-10(11)20-15(25)17(23,2)3/h4-9H,1-3H3,(H,20,25)(H4,18,19,21,22)/t9-/m1/s1. The first-order valence-corrected chi connectivity index (χ1v) is 8.89. The summed E-state index contributed by atoms with van der Waals surface area (Å²) in [5.74, 6) is 0.00319. The van der Waals surface area contributed by atoms with Gasteiger partial charge >= 0.3 is 0 Å². The van der Waals surface area contributed by atoms with E-state index in [-0.39, 0.29) is 23.5 Å². The first-order chi connectivity index (χ1) is 12.2. The number of thioether (sulfide) groups is 1. The third-order valence-electron chi connectivity index (χ3n) is 4.10. The molecule has 1 aromatic carbocycles. The number of hydrogen-bond donors (Lipinski definition) is 3. The Morgan fingerprint density at radius 3 is 2.50 bits per heavy atom. The number of benzene rings is 1. The van der Waals surface area contributed by atoms with Crippen molar-refractivity contribution in [2.24, 2.45) is 0 Å². The second kappa shape index (κ2) is 6.49. The Morgan fingerprint density at radius 2 is 1.85 bits per heavy atom. The van der Waals surface area contributed by atoms with E-state index in [2.05, 4.69) is 15.3 Å². The zero-order chi connectivity index (χ0) is 19.1. The van der Waals surface area contributed by atoms with Crippen LogP contribution in [0.5, 0.6) is 0 Å². The van der Waals surface area contributed by atoms with E-state index in [4.69, 9.17) is 11.5 Å². The third kappa shape index (κ3) is 3.17. The molecular weight excluding hydrogens is 352 g/mol. The molecule has 1 aliphatic rings. The van der Waals surface area contributed by atoms with E-state index in [1.165, 1.54) is 11.0 Å². The summed E-state index contributed by atoms with van der Waals surface area (Å²) >= 11 is 1.15. The molecule has 0 radical (unpaired) electrons. The first kappa shape index (κ1) is 18.0. The summed E-state index contributed by atoms with van der Waals surface area (Å²) in [5, 5.41) is 2.61. The van der Waals surface area contributed by atoms with Gasteiger partial charge in [0, 0.05) is 6.07 Å². The van der Waals surface area contributed by atoms with Crippen molar-refractivity contribution >= 4 is 46.6 Å². The molecule has 1 atom stereocenters. The SMILES string of the molecule is C[C@@H](Sc1nc(N)cc(N)n1)C(=O)N1c2ccccc2NC(=O)C1(C)C. The van der Waals surface area contributed by atoms with Crippen LogP contribution < -0.4 is 21.7 Å². The van der Waals surface area contributed by atoms with Gasteiger partial charge in [-0.05, 0) is 32.9 Å². The van der Waals surface area contributed by atoms with Crippen LogP contribution in [0.1, 0.15) is 20.8 Å². The van der Waals surface area contributed by atoms with Gasteiger partial charge in [0.05, 0.1) is 16.6 Å². The van der Waals surface area contributed by atoms with E-state index in [1.54, 1.807) is 32.9 Å². The summed E-state index contributed by atoms with van der Waals surface area (Å²) in [6.45, 7) is 5.16. The van der Waals surface area contributed by atoms with Crippen molar-refractivity contribution in [2.45, 2.75) is 36.7 Å². The minimum atomic E-state index is -1.03. The Kier molecular flexibility index (Phi) is 4.49. The Hall–Kier alpha value is -2.81. The molecule has 0 unspecified atom stereocenters. The molecule has 26 heavy (non-hydrogen) atoms. The molecule has 1 aromatic heterocycles. The fraction of sp³-hybridized carbons (Fsp3) is 0.294. The van der Waals surface area contributed by atoms with Gasteiger partial charge in [-0.3, -0.25) is 14.5 Å². The number of rotatable bonds is 3. The van der Waals surface area contributed by atoms with Crippen LogP contribution in [0.15, 0.2) is 35.5 Å². The molecule has 1 aliphatic heterocycles. The van der Waals surface area contributed by atoms with E-state index in [0.29, 0.717) is 16.5 Å². The topological polar surface area (TPSA) is 127 Å². The monoisotopic (exact) mass is 372 g/mol. The van der Waals surface area contributed by atoms with Crippen LogP contribution in [-0.2, 0) is 9.59 Å². The van der Waals surface area contributed by atoms with Gasteiger partial charge in [-0.1, -0.05) is 23.9 Å². The van der Waals surface area contributed by atoms with Crippen molar-refractivity contribution in [1.82, 2.24) is 9.97 Å². The number of hydrogen-bond acceptors (Lipinski definition) is 7. The van der Waals surface area contributed by atoms with Gasteiger partial charge in [-0.15, -0.1) is 0 Å². The van der Waals surface area contributed by atoms with E-state index >= 15 is 0 Å². The third-order valence-corrected chi connectivity index (χ3v) is 5.05. The maximum atomic E-state index is 13.2. The molecule has 0 saturated heterocycles. The molecule has 2 amide bonds. The van der Waals surface area contributed by atoms with E-state index < -0.39 is 10.8 Å². The van der Waals surface area contributed by atoms with Gasteiger partial charge in [-0.2, -0.15) is 0 Å². The Bertz CT molecular complexity index is 865. The number of fused-ring (bicyclic) bond motifs is 1. The van der Waals surface area contributed by atoms with Crippen molar-refractivity contribution in [2.75, 3.05) is 21.7 Å². The fourth-order valence-corrected chi connectivity index (χ4v) is 3.59. The molecule has 0 fully saturated rings. The average Bonchev–Trinajstić information content (AvgIpc) is 2.54. The number of nitrogens with one attached hydrogen (secondary N) is 1. The van der Waals surface area contributed by atoms with Gasteiger partial charge in [0.2, 0.25) is 11.8 Å². The first-order valence-electron chi connectivity index (χ1n) is 8.01. The second-order valence-electron chi connectivity index (χ2n) is 6.46. The normalized spacial score (nSPS) is 16.6. The van der Waals surface area contributed by atoms with Gasteiger partial charge in [0.15, 0.2) is 5.16 Å². The maximum Gasteiger partial charge on any atom is 0.250 e. The highest BCUT2D eigenvalue weighted by Gasteiger charge is 2.44. The minimum absolute atomic E-state index is 0.230. The number of nitrogens with two attached hydrogens (primary N) is 2. The molecule has 136 valence electrons. The Balaban J connectivity index is 1.93. The summed E-state index contributed by atoms with van der Waals surface area (Å²) in [4.78, 5) is 35.4. The van der Waals surface area contributed by atoms with Crippen LogP contribution in [0.25, 0.3) is 0 Å². The molecular formula is C17H20N6O2S.